The van der Waals surface area contributed by atoms with E-state index < -0.39 is 0 Å². The minimum Gasteiger partial charge on any atom is -0.385 e. The predicted octanol–water partition coefficient (Wildman–Crippen LogP) is 1.83. The van der Waals surface area contributed by atoms with Crippen molar-refractivity contribution < 1.29 is 9.53 Å². The van der Waals surface area contributed by atoms with Crippen LogP contribution >= 0.6 is 0 Å². The van der Waals surface area contributed by atoms with Gasteiger partial charge in [-0.3, -0.25) is 4.79 Å². The van der Waals surface area contributed by atoms with Gasteiger partial charge in [0.15, 0.2) is 0 Å². The van der Waals surface area contributed by atoms with Gasteiger partial charge in [0, 0.05) is 32.7 Å². The maximum atomic E-state index is 12.0. The first-order valence-corrected chi connectivity index (χ1v) is 7.66. The quantitative estimate of drug-likeness (QED) is 0.740. The highest BCUT2D eigenvalue weighted by Gasteiger charge is 2.42. The Kier molecular flexibility index (Phi) is 5.22. The van der Waals surface area contributed by atoms with Crippen LogP contribution in [0.4, 0.5) is 0 Å². The summed E-state index contributed by atoms with van der Waals surface area (Å²) in [4.78, 5) is 12.0. The number of methoxy groups -OCH3 is 1. The Morgan fingerprint density at radius 1 is 1.37 bits per heavy atom. The summed E-state index contributed by atoms with van der Waals surface area (Å²) in [6, 6.07) is 0.225. The maximum absolute atomic E-state index is 12.0. The van der Waals surface area contributed by atoms with Crippen LogP contribution in [0.25, 0.3) is 0 Å². The summed E-state index contributed by atoms with van der Waals surface area (Å²) in [5.74, 6) is 0.578. The minimum atomic E-state index is 0.186. The number of rotatable bonds is 7. The molecule has 2 aliphatic rings. The number of hydrogen-bond donors (Lipinski definition) is 2. The zero-order chi connectivity index (χ0) is 13.7. The Morgan fingerprint density at radius 3 is 2.74 bits per heavy atom. The fourth-order valence-electron chi connectivity index (χ4n) is 3.10. The summed E-state index contributed by atoms with van der Waals surface area (Å²) in [5, 5.41) is 3.11. The van der Waals surface area contributed by atoms with E-state index in [0.717, 1.165) is 32.4 Å². The third-order valence-electron chi connectivity index (χ3n) is 4.87. The maximum Gasteiger partial charge on any atom is 0.220 e. The van der Waals surface area contributed by atoms with Crippen LogP contribution in [0.15, 0.2) is 0 Å². The van der Waals surface area contributed by atoms with Gasteiger partial charge in [0.05, 0.1) is 0 Å². The molecule has 2 saturated carbocycles. The van der Waals surface area contributed by atoms with E-state index in [1.54, 1.807) is 7.11 Å². The van der Waals surface area contributed by atoms with Gasteiger partial charge in [-0.1, -0.05) is 12.8 Å². The number of ether oxygens (including phenoxy) is 1. The van der Waals surface area contributed by atoms with Crippen molar-refractivity contribution in [3.63, 3.8) is 0 Å². The van der Waals surface area contributed by atoms with Crippen LogP contribution in [0.1, 0.15) is 51.4 Å². The minimum absolute atomic E-state index is 0.186. The molecule has 3 N–H and O–H groups in total. The SMILES string of the molecule is COCCC1(CNC(=O)CC2CCCCC2N)CC1. The van der Waals surface area contributed by atoms with Crippen LogP contribution in [-0.4, -0.2) is 32.2 Å². The highest BCUT2D eigenvalue weighted by Crippen LogP contribution is 2.48. The molecule has 0 aromatic carbocycles. The van der Waals surface area contributed by atoms with Crippen molar-refractivity contribution in [2.24, 2.45) is 17.1 Å². The zero-order valence-electron chi connectivity index (χ0n) is 12.1. The van der Waals surface area contributed by atoms with Gasteiger partial charge in [-0.25, -0.2) is 0 Å². The van der Waals surface area contributed by atoms with Crippen molar-refractivity contribution in [3.8, 4) is 0 Å². The molecular weight excluding hydrogens is 240 g/mol. The smallest absolute Gasteiger partial charge is 0.220 e. The van der Waals surface area contributed by atoms with Crippen LogP contribution in [-0.2, 0) is 9.53 Å². The lowest BCUT2D eigenvalue weighted by atomic mass is 9.83. The molecule has 0 aliphatic heterocycles. The first kappa shape index (κ1) is 14.8. The third-order valence-corrected chi connectivity index (χ3v) is 4.87. The number of carbonyl (C=O) groups is 1. The van der Waals surface area contributed by atoms with Gasteiger partial charge in [0.25, 0.3) is 0 Å². The normalized spacial score (nSPS) is 28.9. The molecule has 4 heteroatoms. The molecular formula is C15H28N2O2. The molecule has 2 aliphatic carbocycles. The van der Waals surface area contributed by atoms with E-state index >= 15 is 0 Å². The van der Waals surface area contributed by atoms with Crippen LogP contribution in [0.2, 0.25) is 0 Å². The van der Waals surface area contributed by atoms with E-state index in [2.05, 4.69) is 5.32 Å². The molecule has 0 spiro atoms. The lowest BCUT2D eigenvalue weighted by molar-refractivity contribution is -0.122. The van der Waals surface area contributed by atoms with E-state index in [0.29, 0.717) is 17.8 Å². The molecule has 0 saturated heterocycles. The lowest BCUT2D eigenvalue weighted by Crippen LogP contribution is -2.38. The molecule has 0 aromatic rings. The number of nitrogens with one attached hydrogen (secondary N) is 1. The van der Waals surface area contributed by atoms with Gasteiger partial charge in [-0.2, -0.15) is 0 Å². The molecule has 0 radical (unpaired) electrons. The van der Waals surface area contributed by atoms with Crippen molar-refractivity contribution in [1.29, 1.82) is 0 Å². The van der Waals surface area contributed by atoms with E-state index in [1.165, 1.54) is 25.7 Å². The Bertz CT molecular complexity index is 303. The van der Waals surface area contributed by atoms with Crippen LogP contribution < -0.4 is 11.1 Å². The fourth-order valence-corrected chi connectivity index (χ4v) is 3.10. The monoisotopic (exact) mass is 268 g/mol. The van der Waals surface area contributed by atoms with Gasteiger partial charge in [-0.15, -0.1) is 0 Å². The Hall–Kier alpha value is -0.610. The van der Waals surface area contributed by atoms with Crippen LogP contribution in [0, 0.1) is 11.3 Å². The van der Waals surface area contributed by atoms with Crippen molar-refractivity contribution in [2.45, 2.75) is 57.4 Å². The van der Waals surface area contributed by atoms with Crippen LogP contribution in [0.5, 0.6) is 0 Å². The van der Waals surface area contributed by atoms with Crippen molar-refractivity contribution in [3.05, 3.63) is 0 Å². The van der Waals surface area contributed by atoms with Gasteiger partial charge in [0.1, 0.15) is 0 Å². The second-order valence-electron chi connectivity index (χ2n) is 6.43. The summed E-state index contributed by atoms with van der Waals surface area (Å²) in [5.41, 5.74) is 6.42. The molecule has 2 rings (SSSR count). The van der Waals surface area contributed by atoms with E-state index in [4.69, 9.17) is 10.5 Å². The molecule has 0 heterocycles. The average Bonchev–Trinajstić information content (AvgIpc) is 3.18. The molecule has 110 valence electrons. The Labute approximate surface area is 116 Å². The summed E-state index contributed by atoms with van der Waals surface area (Å²) in [6.07, 6.45) is 8.76. The first-order valence-electron chi connectivity index (χ1n) is 7.66. The molecule has 2 fully saturated rings. The fraction of sp³-hybridized carbons (Fsp3) is 0.933. The van der Waals surface area contributed by atoms with Crippen molar-refractivity contribution >= 4 is 5.91 Å². The highest BCUT2D eigenvalue weighted by atomic mass is 16.5. The predicted molar refractivity (Wildman–Crippen MR) is 75.7 cm³/mol. The summed E-state index contributed by atoms with van der Waals surface area (Å²) >= 11 is 0. The Morgan fingerprint density at radius 2 is 2.11 bits per heavy atom. The van der Waals surface area contributed by atoms with Crippen molar-refractivity contribution in [1.82, 2.24) is 5.32 Å². The number of amides is 1. The van der Waals surface area contributed by atoms with Gasteiger partial charge < -0.3 is 15.8 Å². The summed E-state index contributed by atoms with van der Waals surface area (Å²) in [6.45, 7) is 1.61. The zero-order valence-corrected chi connectivity index (χ0v) is 12.1. The van der Waals surface area contributed by atoms with E-state index in [9.17, 15) is 4.79 Å². The molecule has 19 heavy (non-hydrogen) atoms. The van der Waals surface area contributed by atoms with Crippen LogP contribution in [0.3, 0.4) is 0 Å². The standard InChI is InChI=1S/C15H28N2O2/c1-19-9-8-15(6-7-15)11-17-14(18)10-12-4-2-3-5-13(12)16/h12-13H,2-11,16H2,1H3,(H,17,18). The van der Waals surface area contributed by atoms with Crippen molar-refractivity contribution in [2.75, 3.05) is 20.3 Å². The highest BCUT2D eigenvalue weighted by molar-refractivity contribution is 5.76. The summed E-state index contributed by atoms with van der Waals surface area (Å²) < 4.78 is 5.13. The number of hydrogen-bond acceptors (Lipinski definition) is 3. The third kappa shape index (κ3) is 4.46. The molecule has 1 amide bonds. The Balaban J connectivity index is 1.67. The number of nitrogens with two attached hydrogens (primary N) is 1. The van der Waals surface area contributed by atoms with Gasteiger partial charge >= 0.3 is 0 Å². The first-order chi connectivity index (χ1) is 9.15. The van der Waals surface area contributed by atoms with Gasteiger partial charge in [-0.05, 0) is 43.4 Å². The molecule has 0 bridgehead atoms. The van der Waals surface area contributed by atoms with E-state index in [1.807, 2.05) is 0 Å². The number of carbonyl (C=O) groups excluding carboxylic acids is 1. The molecule has 2 atom stereocenters. The summed E-state index contributed by atoms with van der Waals surface area (Å²) in [7, 11) is 1.74. The molecule has 2 unspecified atom stereocenters. The largest absolute Gasteiger partial charge is 0.385 e. The second-order valence-corrected chi connectivity index (χ2v) is 6.43. The molecule has 4 nitrogen and oxygen atoms in total. The molecule has 0 aromatic heterocycles. The average molecular weight is 268 g/mol. The second kappa shape index (κ2) is 6.71. The topological polar surface area (TPSA) is 64.3 Å². The lowest BCUT2D eigenvalue weighted by Gasteiger charge is -2.28. The van der Waals surface area contributed by atoms with E-state index in [-0.39, 0.29) is 11.9 Å². The van der Waals surface area contributed by atoms with Gasteiger partial charge in [0.2, 0.25) is 5.91 Å².